The summed E-state index contributed by atoms with van der Waals surface area (Å²) in [7, 11) is 1.64. The van der Waals surface area contributed by atoms with Crippen molar-refractivity contribution in [1.29, 1.82) is 0 Å². The molecule has 0 atom stereocenters. The van der Waals surface area contributed by atoms with Gasteiger partial charge in [0.2, 0.25) is 0 Å². The van der Waals surface area contributed by atoms with Gasteiger partial charge in [-0.05, 0) is 23.3 Å². The highest BCUT2D eigenvalue weighted by atomic mass is 35.5. The Hall–Kier alpha value is -2.13. The van der Waals surface area contributed by atoms with Crippen molar-refractivity contribution in [3.63, 3.8) is 0 Å². The van der Waals surface area contributed by atoms with Crippen molar-refractivity contribution >= 4 is 22.4 Å². The highest BCUT2D eigenvalue weighted by Gasteiger charge is 2.10. The number of aromatic nitrogens is 2. The van der Waals surface area contributed by atoms with Gasteiger partial charge in [0, 0.05) is 10.8 Å². The zero-order chi connectivity index (χ0) is 13.2. The Balaban J connectivity index is 2.37. The number of rotatable bonds is 2. The normalized spacial score (nSPS) is 10.6. The molecule has 0 saturated carbocycles. The molecule has 0 amide bonds. The molecule has 3 nitrogen and oxygen atoms in total. The van der Waals surface area contributed by atoms with Gasteiger partial charge in [-0.15, -0.1) is 5.10 Å². The van der Waals surface area contributed by atoms with Crippen LogP contribution in [0.5, 0.6) is 5.75 Å². The maximum absolute atomic E-state index is 6.12. The topological polar surface area (TPSA) is 35.0 Å². The van der Waals surface area contributed by atoms with E-state index in [2.05, 4.69) is 10.2 Å². The van der Waals surface area contributed by atoms with Crippen LogP contribution in [0, 0.1) is 0 Å². The summed E-state index contributed by atoms with van der Waals surface area (Å²) < 4.78 is 5.33. The predicted octanol–water partition coefficient (Wildman–Crippen LogP) is 3.96. The summed E-state index contributed by atoms with van der Waals surface area (Å²) in [4.78, 5) is 0. The van der Waals surface area contributed by atoms with Crippen LogP contribution in [0.1, 0.15) is 0 Å². The number of nitrogens with zero attached hydrogens (tertiary/aromatic N) is 2. The number of fused-ring (bicyclic) bond motifs is 1. The second-order valence-corrected chi connectivity index (χ2v) is 4.50. The predicted molar refractivity (Wildman–Crippen MR) is 76.5 cm³/mol. The zero-order valence-electron chi connectivity index (χ0n) is 10.3. The Kier molecular flexibility index (Phi) is 3.05. The fourth-order valence-electron chi connectivity index (χ4n) is 2.10. The maximum Gasteiger partial charge on any atom is 0.159 e. The van der Waals surface area contributed by atoms with Gasteiger partial charge in [0.15, 0.2) is 5.15 Å². The molecular weight excluding hydrogens is 260 g/mol. The van der Waals surface area contributed by atoms with Gasteiger partial charge in [-0.1, -0.05) is 41.9 Å². The molecule has 0 unspecified atom stereocenters. The lowest BCUT2D eigenvalue weighted by atomic mass is 10.00. The molecule has 0 radical (unpaired) electrons. The van der Waals surface area contributed by atoms with Gasteiger partial charge in [0.1, 0.15) is 5.75 Å². The quantitative estimate of drug-likeness (QED) is 0.707. The summed E-state index contributed by atoms with van der Waals surface area (Å²) in [6.07, 6.45) is 1.73. The van der Waals surface area contributed by atoms with Crippen molar-refractivity contribution in [3.05, 3.63) is 53.8 Å². The summed E-state index contributed by atoms with van der Waals surface area (Å²) >= 11 is 6.12. The van der Waals surface area contributed by atoms with E-state index in [0.29, 0.717) is 5.15 Å². The molecular formula is C15H11ClN2O. The third-order valence-corrected chi connectivity index (χ3v) is 3.31. The second-order valence-electron chi connectivity index (χ2n) is 4.14. The molecule has 0 saturated heterocycles. The van der Waals surface area contributed by atoms with Gasteiger partial charge in [-0.3, -0.25) is 0 Å². The highest BCUT2D eigenvalue weighted by Crippen LogP contribution is 2.34. The highest BCUT2D eigenvalue weighted by molar-refractivity contribution is 6.34. The van der Waals surface area contributed by atoms with Crippen molar-refractivity contribution in [3.8, 4) is 16.9 Å². The summed E-state index contributed by atoms with van der Waals surface area (Å²) in [5.74, 6) is 0.751. The molecule has 4 heteroatoms. The molecule has 0 fully saturated rings. The molecule has 0 aliphatic rings. The first-order valence-electron chi connectivity index (χ1n) is 5.84. The van der Waals surface area contributed by atoms with Gasteiger partial charge in [0.25, 0.3) is 0 Å². The monoisotopic (exact) mass is 270 g/mol. The van der Waals surface area contributed by atoms with E-state index in [1.165, 1.54) is 0 Å². The van der Waals surface area contributed by atoms with E-state index in [0.717, 1.165) is 27.6 Å². The Morgan fingerprint density at radius 2 is 1.84 bits per heavy atom. The van der Waals surface area contributed by atoms with Crippen LogP contribution in [0.15, 0.2) is 48.7 Å². The van der Waals surface area contributed by atoms with Gasteiger partial charge >= 0.3 is 0 Å². The minimum Gasteiger partial charge on any atom is -0.497 e. The van der Waals surface area contributed by atoms with Crippen LogP contribution in [0.25, 0.3) is 21.9 Å². The third kappa shape index (κ3) is 2.13. The standard InChI is InChI=1S/C15H11ClN2O/c1-19-11-7-12(10-5-3-2-4-6-10)14-9-17-18-15(16)13(14)8-11/h2-9H,1H3. The average Bonchev–Trinajstić information content (AvgIpc) is 2.48. The third-order valence-electron chi connectivity index (χ3n) is 3.03. The van der Waals surface area contributed by atoms with E-state index in [4.69, 9.17) is 16.3 Å². The smallest absolute Gasteiger partial charge is 0.159 e. The number of methoxy groups -OCH3 is 1. The first kappa shape index (κ1) is 11.9. The Morgan fingerprint density at radius 1 is 1.05 bits per heavy atom. The minimum atomic E-state index is 0.383. The molecule has 1 aromatic heterocycles. The van der Waals surface area contributed by atoms with E-state index in [1.54, 1.807) is 13.3 Å². The van der Waals surface area contributed by atoms with Crippen LogP contribution in [-0.4, -0.2) is 17.3 Å². The summed E-state index contributed by atoms with van der Waals surface area (Å²) in [6, 6.07) is 13.9. The number of ether oxygens (including phenoxy) is 1. The lowest BCUT2D eigenvalue weighted by Gasteiger charge is -2.10. The number of benzene rings is 2. The first-order valence-corrected chi connectivity index (χ1v) is 6.22. The number of hydrogen-bond donors (Lipinski definition) is 0. The summed E-state index contributed by atoms with van der Waals surface area (Å²) in [5, 5.41) is 10.00. The molecule has 0 spiro atoms. The molecule has 94 valence electrons. The molecule has 1 heterocycles. The molecule has 0 aliphatic carbocycles. The van der Waals surface area contributed by atoms with Crippen molar-refractivity contribution in [1.82, 2.24) is 10.2 Å². The zero-order valence-corrected chi connectivity index (χ0v) is 11.1. The van der Waals surface area contributed by atoms with Gasteiger partial charge in [0.05, 0.1) is 13.3 Å². The second kappa shape index (κ2) is 4.86. The fraction of sp³-hybridized carbons (Fsp3) is 0.0667. The summed E-state index contributed by atoms with van der Waals surface area (Å²) in [5.41, 5.74) is 2.13. The van der Waals surface area contributed by atoms with Crippen molar-refractivity contribution < 1.29 is 4.74 Å². The van der Waals surface area contributed by atoms with Crippen LogP contribution < -0.4 is 4.74 Å². The maximum atomic E-state index is 6.12. The van der Waals surface area contributed by atoms with E-state index in [9.17, 15) is 0 Å². The lowest BCUT2D eigenvalue weighted by Crippen LogP contribution is -1.90. The molecule has 0 bridgehead atoms. The van der Waals surface area contributed by atoms with E-state index >= 15 is 0 Å². The Bertz CT molecular complexity index is 729. The van der Waals surface area contributed by atoms with Crippen LogP contribution in [-0.2, 0) is 0 Å². The lowest BCUT2D eigenvalue weighted by molar-refractivity contribution is 0.415. The average molecular weight is 271 g/mol. The molecule has 2 aromatic carbocycles. The van der Waals surface area contributed by atoms with Crippen LogP contribution in [0.4, 0.5) is 0 Å². The van der Waals surface area contributed by atoms with Gasteiger partial charge in [-0.25, -0.2) is 0 Å². The van der Waals surface area contributed by atoms with E-state index in [1.807, 2.05) is 42.5 Å². The minimum absolute atomic E-state index is 0.383. The van der Waals surface area contributed by atoms with Crippen LogP contribution in [0.3, 0.4) is 0 Å². The molecule has 0 aliphatic heterocycles. The van der Waals surface area contributed by atoms with E-state index < -0.39 is 0 Å². The van der Waals surface area contributed by atoms with Crippen molar-refractivity contribution in [2.24, 2.45) is 0 Å². The molecule has 0 N–H and O–H groups in total. The number of halogens is 1. The Morgan fingerprint density at radius 3 is 2.58 bits per heavy atom. The van der Waals surface area contributed by atoms with Gasteiger partial charge < -0.3 is 4.74 Å². The van der Waals surface area contributed by atoms with Crippen molar-refractivity contribution in [2.45, 2.75) is 0 Å². The molecule has 3 aromatic rings. The Labute approximate surface area is 115 Å². The van der Waals surface area contributed by atoms with Crippen LogP contribution in [0.2, 0.25) is 5.15 Å². The molecule has 19 heavy (non-hydrogen) atoms. The first-order chi connectivity index (χ1) is 9.29. The molecule has 3 rings (SSSR count). The largest absolute Gasteiger partial charge is 0.497 e. The fourth-order valence-corrected chi connectivity index (χ4v) is 2.30. The van der Waals surface area contributed by atoms with Crippen LogP contribution >= 0.6 is 11.6 Å². The summed E-state index contributed by atoms with van der Waals surface area (Å²) in [6.45, 7) is 0. The van der Waals surface area contributed by atoms with Gasteiger partial charge in [-0.2, -0.15) is 5.10 Å². The van der Waals surface area contributed by atoms with Crippen molar-refractivity contribution in [2.75, 3.05) is 7.11 Å². The number of hydrogen-bond acceptors (Lipinski definition) is 3. The SMILES string of the molecule is COc1cc(-c2ccccc2)c2cnnc(Cl)c2c1. The van der Waals surface area contributed by atoms with E-state index in [-0.39, 0.29) is 0 Å².